The van der Waals surface area contributed by atoms with Gasteiger partial charge in [-0.3, -0.25) is 4.90 Å². The van der Waals surface area contributed by atoms with Gasteiger partial charge in [0.05, 0.1) is 0 Å². The van der Waals surface area contributed by atoms with Crippen LogP contribution in [0.5, 0.6) is 0 Å². The van der Waals surface area contributed by atoms with Gasteiger partial charge in [0.2, 0.25) is 0 Å². The molecule has 0 radical (unpaired) electrons. The SMILES string of the molecule is Cc1ccc(C)c(C(C)N2CCC(CCN)CC2)c1. The molecular formula is C17H28N2. The van der Waals surface area contributed by atoms with Gasteiger partial charge in [-0.1, -0.05) is 23.8 Å². The molecule has 106 valence electrons. The lowest BCUT2D eigenvalue weighted by molar-refractivity contribution is 0.138. The van der Waals surface area contributed by atoms with Gasteiger partial charge in [-0.25, -0.2) is 0 Å². The molecular weight excluding hydrogens is 232 g/mol. The number of nitrogens with zero attached hydrogens (tertiary/aromatic N) is 1. The van der Waals surface area contributed by atoms with Crippen LogP contribution in [0.4, 0.5) is 0 Å². The first-order valence-corrected chi connectivity index (χ1v) is 7.63. The lowest BCUT2D eigenvalue weighted by Crippen LogP contribution is -2.36. The Morgan fingerprint density at radius 2 is 1.95 bits per heavy atom. The number of hydrogen-bond acceptors (Lipinski definition) is 2. The molecule has 1 atom stereocenters. The Kier molecular flexibility index (Phi) is 5.00. The van der Waals surface area contributed by atoms with Crippen LogP contribution in [0, 0.1) is 19.8 Å². The van der Waals surface area contributed by atoms with E-state index in [1.807, 2.05) is 0 Å². The zero-order valence-corrected chi connectivity index (χ0v) is 12.7. The average molecular weight is 260 g/mol. The number of rotatable bonds is 4. The van der Waals surface area contributed by atoms with Gasteiger partial charge in [0.1, 0.15) is 0 Å². The molecule has 19 heavy (non-hydrogen) atoms. The van der Waals surface area contributed by atoms with Crippen molar-refractivity contribution in [2.75, 3.05) is 19.6 Å². The van der Waals surface area contributed by atoms with Gasteiger partial charge in [-0.05, 0) is 76.7 Å². The second kappa shape index (κ2) is 6.53. The van der Waals surface area contributed by atoms with Crippen molar-refractivity contribution in [3.63, 3.8) is 0 Å². The Balaban J connectivity index is 2.01. The highest BCUT2D eigenvalue weighted by Crippen LogP contribution is 2.29. The second-order valence-corrected chi connectivity index (χ2v) is 6.09. The molecule has 1 heterocycles. The summed E-state index contributed by atoms with van der Waals surface area (Å²) < 4.78 is 0. The molecule has 0 spiro atoms. The van der Waals surface area contributed by atoms with Gasteiger partial charge in [0.15, 0.2) is 0 Å². The molecule has 2 heteroatoms. The maximum absolute atomic E-state index is 5.67. The Labute approximate surface area is 118 Å². The van der Waals surface area contributed by atoms with Gasteiger partial charge in [0, 0.05) is 6.04 Å². The summed E-state index contributed by atoms with van der Waals surface area (Å²) in [4.78, 5) is 2.63. The maximum atomic E-state index is 5.67. The fraction of sp³-hybridized carbons (Fsp3) is 0.647. The third-order valence-electron chi connectivity index (χ3n) is 4.66. The highest BCUT2D eigenvalue weighted by molar-refractivity contribution is 5.32. The number of nitrogens with two attached hydrogens (primary N) is 1. The monoisotopic (exact) mass is 260 g/mol. The van der Waals surface area contributed by atoms with Gasteiger partial charge >= 0.3 is 0 Å². The summed E-state index contributed by atoms with van der Waals surface area (Å²) in [7, 11) is 0. The van der Waals surface area contributed by atoms with Crippen molar-refractivity contribution in [3.05, 3.63) is 34.9 Å². The zero-order chi connectivity index (χ0) is 13.8. The minimum absolute atomic E-state index is 0.540. The van der Waals surface area contributed by atoms with Crippen LogP contribution in [-0.2, 0) is 0 Å². The van der Waals surface area contributed by atoms with Gasteiger partial charge in [0.25, 0.3) is 0 Å². The Hall–Kier alpha value is -0.860. The summed E-state index contributed by atoms with van der Waals surface area (Å²) in [6.07, 6.45) is 3.82. The summed E-state index contributed by atoms with van der Waals surface area (Å²) >= 11 is 0. The Bertz CT molecular complexity index is 406. The molecule has 2 N–H and O–H groups in total. The quantitative estimate of drug-likeness (QED) is 0.898. The van der Waals surface area contributed by atoms with E-state index in [0.717, 1.165) is 12.5 Å². The molecule has 2 rings (SSSR count). The summed E-state index contributed by atoms with van der Waals surface area (Å²) in [6, 6.07) is 7.35. The lowest BCUT2D eigenvalue weighted by atomic mass is 9.91. The van der Waals surface area contributed by atoms with Crippen molar-refractivity contribution in [1.29, 1.82) is 0 Å². The van der Waals surface area contributed by atoms with E-state index < -0.39 is 0 Å². The minimum Gasteiger partial charge on any atom is -0.330 e. The summed E-state index contributed by atoms with van der Waals surface area (Å²) in [6.45, 7) is 10.1. The number of hydrogen-bond donors (Lipinski definition) is 1. The van der Waals surface area contributed by atoms with E-state index in [1.165, 1.54) is 49.0 Å². The van der Waals surface area contributed by atoms with E-state index in [9.17, 15) is 0 Å². The zero-order valence-electron chi connectivity index (χ0n) is 12.7. The van der Waals surface area contributed by atoms with Gasteiger partial charge in [-0.15, -0.1) is 0 Å². The third-order valence-corrected chi connectivity index (χ3v) is 4.66. The van der Waals surface area contributed by atoms with Crippen molar-refractivity contribution in [2.45, 2.75) is 46.1 Å². The number of benzene rings is 1. The van der Waals surface area contributed by atoms with Crippen LogP contribution in [0.1, 0.15) is 48.9 Å². The molecule has 2 nitrogen and oxygen atoms in total. The fourth-order valence-electron chi connectivity index (χ4n) is 3.27. The molecule has 0 saturated carbocycles. The first-order chi connectivity index (χ1) is 9.11. The molecule has 1 aliphatic heterocycles. The largest absolute Gasteiger partial charge is 0.330 e. The number of piperidine rings is 1. The lowest BCUT2D eigenvalue weighted by Gasteiger charge is -2.36. The van der Waals surface area contributed by atoms with E-state index in [4.69, 9.17) is 5.73 Å². The van der Waals surface area contributed by atoms with Crippen LogP contribution in [0.25, 0.3) is 0 Å². The summed E-state index contributed by atoms with van der Waals surface area (Å²) in [5.74, 6) is 0.854. The Morgan fingerprint density at radius 3 is 2.58 bits per heavy atom. The van der Waals surface area contributed by atoms with E-state index in [2.05, 4.69) is 43.9 Å². The topological polar surface area (TPSA) is 29.3 Å². The normalized spacial score (nSPS) is 19.6. The molecule has 1 aromatic rings. The van der Waals surface area contributed by atoms with E-state index in [0.29, 0.717) is 6.04 Å². The molecule has 1 saturated heterocycles. The third kappa shape index (κ3) is 3.58. The molecule has 1 aliphatic rings. The molecule has 1 unspecified atom stereocenters. The highest BCUT2D eigenvalue weighted by Gasteiger charge is 2.23. The van der Waals surface area contributed by atoms with Crippen LogP contribution in [0.3, 0.4) is 0 Å². The van der Waals surface area contributed by atoms with E-state index in [1.54, 1.807) is 0 Å². The van der Waals surface area contributed by atoms with Gasteiger partial charge in [-0.2, -0.15) is 0 Å². The van der Waals surface area contributed by atoms with Crippen molar-refractivity contribution in [1.82, 2.24) is 4.90 Å². The highest BCUT2D eigenvalue weighted by atomic mass is 15.2. The summed E-state index contributed by atoms with van der Waals surface area (Å²) in [5.41, 5.74) is 9.95. The number of aryl methyl sites for hydroxylation is 2. The molecule has 1 aromatic carbocycles. The van der Waals surface area contributed by atoms with Crippen LogP contribution < -0.4 is 5.73 Å². The Morgan fingerprint density at radius 1 is 1.26 bits per heavy atom. The first kappa shape index (κ1) is 14.5. The number of likely N-dealkylation sites (tertiary alicyclic amines) is 1. The van der Waals surface area contributed by atoms with Crippen LogP contribution >= 0.6 is 0 Å². The van der Waals surface area contributed by atoms with Crippen LogP contribution in [0.2, 0.25) is 0 Å². The average Bonchev–Trinajstić information content (AvgIpc) is 2.42. The van der Waals surface area contributed by atoms with Crippen LogP contribution in [-0.4, -0.2) is 24.5 Å². The van der Waals surface area contributed by atoms with Crippen molar-refractivity contribution in [2.24, 2.45) is 11.7 Å². The standard InChI is InChI=1S/C17H28N2/c1-13-4-5-14(2)17(12-13)15(3)19-10-7-16(6-9-18)8-11-19/h4-5,12,15-16H,6-11,18H2,1-3H3. The maximum Gasteiger partial charge on any atom is 0.0322 e. The van der Waals surface area contributed by atoms with E-state index >= 15 is 0 Å². The molecule has 0 amide bonds. The van der Waals surface area contributed by atoms with Gasteiger partial charge < -0.3 is 5.73 Å². The minimum atomic E-state index is 0.540. The fourth-order valence-corrected chi connectivity index (χ4v) is 3.27. The summed E-state index contributed by atoms with van der Waals surface area (Å²) in [5, 5.41) is 0. The predicted molar refractivity (Wildman–Crippen MR) is 82.3 cm³/mol. The van der Waals surface area contributed by atoms with E-state index in [-0.39, 0.29) is 0 Å². The molecule has 1 fully saturated rings. The predicted octanol–water partition coefficient (Wildman–Crippen LogP) is 3.43. The van der Waals surface area contributed by atoms with Crippen LogP contribution in [0.15, 0.2) is 18.2 Å². The molecule has 0 bridgehead atoms. The molecule has 0 aliphatic carbocycles. The van der Waals surface area contributed by atoms with Crippen molar-refractivity contribution >= 4 is 0 Å². The van der Waals surface area contributed by atoms with Crippen molar-refractivity contribution < 1.29 is 0 Å². The first-order valence-electron chi connectivity index (χ1n) is 7.63. The second-order valence-electron chi connectivity index (χ2n) is 6.09. The molecule has 0 aromatic heterocycles. The smallest absolute Gasteiger partial charge is 0.0322 e. The van der Waals surface area contributed by atoms with Crippen molar-refractivity contribution in [3.8, 4) is 0 Å².